The van der Waals surface area contributed by atoms with Crippen LogP contribution in [0.1, 0.15) is 0 Å². The van der Waals surface area contributed by atoms with Crippen molar-refractivity contribution in [3.05, 3.63) is 29.3 Å². The number of hydrogen-bond donors (Lipinski definition) is 1. The van der Waals surface area contributed by atoms with Crippen LogP contribution in [0.25, 0.3) is 0 Å². The lowest BCUT2D eigenvalue weighted by molar-refractivity contribution is 1.27. The van der Waals surface area contributed by atoms with Crippen LogP contribution in [0.15, 0.2) is 34.3 Å². The number of hydrazone groups is 1. The molecule has 2 N–H and O–H groups in total. The first-order valence-electron chi connectivity index (χ1n) is 2.97. The Balaban J connectivity index is 2.71. The van der Waals surface area contributed by atoms with E-state index in [9.17, 15) is 0 Å². The molecule has 0 unspecified atom stereocenters. The summed E-state index contributed by atoms with van der Waals surface area (Å²) < 4.78 is 0. The zero-order valence-corrected chi connectivity index (χ0v) is 7.27. The van der Waals surface area contributed by atoms with Crippen LogP contribution < -0.4 is 5.84 Å². The van der Waals surface area contributed by atoms with Crippen LogP contribution in [0, 0.1) is 0 Å². The van der Waals surface area contributed by atoms with Gasteiger partial charge in [-0.1, -0.05) is 29.4 Å². The van der Waals surface area contributed by atoms with Crippen molar-refractivity contribution in [2.45, 2.75) is 4.90 Å². The van der Waals surface area contributed by atoms with E-state index in [0.717, 1.165) is 9.92 Å². The van der Waals surface area contributed by atoms with Gasteiger partial charge in [-0.15, -0.1) is 0 Å². The standard InChI is InChI=1S/C7H7ClN2S/c8-6-2-1-3-7(4-6)11-5-10-9/h1-5H,9H2/b10-5+. The molecule has 0 aromatic heterocycles. The zero-order valence-electron chi connectivity index (χ0n) is 5.70. The van der Waals surface area contributed by atoms with Crippen LogP contribution in [0.5, 0.6) is 0 Å². The topological polar surface area (TPSA) is 38.4 Å². The van der Waals surface area contributed by atoms with Gasteiger partial charge in [-0.2, -0.15) is 5.10 Å². The maximum absolute atomic E-state index is 5.73. The highest BCUT2D eigenvalue weighted by Gasteiger charge is 1.90. The summed E-state index contributed by atoms with van der Waals surface area (Å²) in [6.45, 7) is 0. The summed E-state index contributed by atoms with van der Waals surface area (Å²) in [5.41, 5.74) is 1.56. The molecule has 1 aromatic carbocycles. The minimum atomic E-state index is 0.723. The monoisotopic (exact) mass is 186 g/mol. The fraction of sp³-hybridized carbons (Fsp3) is 0. The van der Waals surface area contributed by atoms with Crippen molar-refractivity contribution in [1.29, 1.82) is 0 Å². The smallest absolute Gasteiger partial charge is 0.0842 e. The quantitative estimate of drug-likeness (QED) is 0.253. The Bertz CT molecular complexity index is 262. The summed E-state index contributed by atoms with van der Waals surface area (Å²) in [6, 6.07) is 7.51. The van der Waals surface area contributed by atoms with Crippen molar-refractivity contribution in [2.24, 2.45) is 10.9 Å². The van der Waals surface area contributed by atoms with E-state index < -0.39 is 0 Å². The van der Waals surface area contributed by atoms with E-state index in [4.69, 9.17) is 17.4 Å². The van der Waals surface area contributed by atoms with Crippen LogP contribution >= 0.6 is 23.4 Å². The zero-order chi connectivity index (χ0) is 8.10. The molecule has 2 nitrogen and oxygen atoms in total. The molecule has 58 valence electrons. The second-order valence-electron chi connectivity index (χ2n) is 1.83. The Kier molecular flexibility index (Phi) is 3.26. The first-order chi connectivity index (χ1) is 5.33. The summed E-state index contributed by atoms with van der Waals surface area (Å²) >= 11 is 7.17. The summed E-state index contributed by atoms with van der Waals surface area (Å²) in [4.78, 5) is 1.03. The summed E-state index contributed by atoms with van der Waals surface area (Å²) in [6.07, 6.45) is 0. The van der Waals surface area contributed by atoms with Crippen LogP contribution in [-0.4, -0.2) is 5.55 Å². The third-order valence-corrected chi connectivity index (χ3v) is 2.03. The average Bonchev–Trinajstić information content (AvgIpc) is 2.01. The van der Waals surface area contributed by atoms with Crippen LogP contribution in [0.3, 0.4) is 0 Å². The minimum absolute atomic E-state index is 0.723. The lowest BCUT2D eigenvalue weighted by Crippen LogP contribution is -1.78. The largest absolute Gasteiger partial charge is 0.323 e. The number of nitrogens with two attached hydrogens (primary N) is 1. The van der Waals surface area contributed by atoms with Gasteiger partial charge < -0.3 is 5.84 Å². The molecule has 0 amide bonds. The first kappa shape index (κ1) is 8.43. The van der Waals surface area contributed by atoms with Crippen molar-refractivity contribution >= 4 is 28.9 Å². The van der Waals surface area contributed by atoms with Gasteiger partial charge in [-0.3, -0.25) is 0 Å². The van der Waals surface area contributed by atoms with Crippen LogP contribution in [0.2, 0.25) is 5.02 Å². The molecule has 0 fully saturated rings. The molecule has 0 bridgehead atoms. The third kappa shape index (κ3) is 2.82. The van der Waals surface area contributed by atoms with E-state index in [1.165, 1.54) is 11.8 Å². The normalized spacial score (nSPS) is 10.6. The number of rotatable bonds is 2. The van der Waals surface area contributed by atoms with E-state index >= 15 is 0 Å². The lowest BCUT2D eigenvalue weighted by Gasteiger charge is -1.94. The molecule has 0 atom stereocenters. The molecule has 1 aromatic rings. The predicted octanol–water partition coefficient (Wildman–Crippen LogP) is 2.33. The number of benzene rings is 1. The van der Waals surface area contributed by atoms with Gasteiger partial charge in [0, 0.05) is 9.92 Å². The average molecular weight is 187 g/mol. The minimum Gasteiger partial charge on any atom is -0.323 e. The summed E-state index contributed by atoms with van der Waals surface area (Å²) in [5.74, 6) is 4.93. The van der Waals surface area contributed by atoms with Crippen LogP contribution in [0.4, 0.5) is 0 Å². The molecule has 0 aliphatic heterocycles. The fourth-order valence-electron chi connectivity index (χ4n) is 0.632. The van der Waals surface area contributed by atoms with E-state index in [1.807, 2.05) is 24.3 Å². The van der Waals surface area contributed by atoms with Gasteiger partial charge in [-0.05, 0) is 18.2 Å². The summed E-state index contributed by atoms with van der Waals surface area (Å²) in [7, 11) is 0. The highest BCUT2D eigenvalue weighted by molar-refractivity contribution is 8.12. The Morgan fingerprint density at radius 3 is 3.00 bits per heavy atom. The predicted molar refractivity (Wildman–Crippen MR) is 50.0 cm³/mol. The highest BCUT2D eigenvalue weighted by atomic mass is 35.5. The van der Waals surface area contributed by atoms with E-state index in [-0.39, 0.29) is 0 Å². The molecule has 0 spiro atoms. The molecule has 0 aliphatic carbocycles. The molecule has 11 heavy (non-hydrogen) atoms. The molecule has 0 heterocycles. The van der Waals surface area contributed by atoms with Crippen molar-refractivity contribution in [3.8, 4) is 0 Å². The molecule has 0 saturated heterocycles. The van der Waals surface area contributed by atoms with Gasteiger partial charge >= 0.3 is 0 Å². The Morgan fingerprint density at radius 2 is 2.36 bits per heavy atom. The lowest BCUT2D eigenvalue weighted by atomic mass is 10.4. The number of nitrogens with zero attached hydrogens (tertiary/aromatic N) is 1. The van der Waals surface area contributed by atoms with Crippen LogP contribution in [-0.2, 0) is 0 Å². The number of thioether (sulfide) groups is 1. The van der Waals surface area contributed by atoms with Gasteiger partial charge in [0.1, 0.15) is 0 Å². The highest BCUT2D eigenvalue weighted by Crippen LogP contribution is 2.19. The molecular formula is C7H7ClN2S. The maximum Gasteiger partial charge on any atom is 0.0842 e. The summed E-state index contributed by atoms with van der Waals surface area (Å²) in [5, 5.41) is 4.08. The van der Waals surface area contributed by atoms with Gasteiger partial charge in [0.05, 0.1) is 5.55 Å². The third-order valence-electron chi connectivity index (χ3n) is 1.05. The van der Waals surface area contributed by atoms with Gasteiger partial charge in [0.2, 0.25) is 0 Å². The Hall–Kier alpha value is -0.670. The maximum atomic E-state index is 5.73. The Labute approximate surface area is 74.4 Å². The van der Waals surface area contributed by atoms with Crippen molar-refractivity contribution in [2.75, 3.05) is 0 Å². The SMILES string of the molecule is N/N=C/Sc1cccc(Cl)c1. The van der Waals surface area contributed by atoms with E-state index in [1.54, 1.807) is 5.55 Å². The van der Waals surface area contributed by atoms with Gasteiger partial charge in [0.25, 0.3) is 0 Å². The second-order valence-corrected chi connectivity index (χ2v) is 3.18. The molecule has 1 rings (SSSR count). The van der Waals surface area contributed by atoms with Gasteiger partial charge in [-0.25, -0.2) is 0 Å². The fourth-order valence-corrected chi connectivity index (χ4v) is 1.42. The Morgan fingerprint density at radius 1 is 1.55 bits per heavy atom. The van der Waals surface area contributed by atoms with E-state index in [2.05, 4.69) is 5.10 Å². The number of halogens is 1. The van der Waals surface area contributed by atoms with Gasteiger partial charge in [0.15, 0.2) is 0 Å². The molecule has 0 radical (unpaired) electrons. The molecule has 0 aliphatic rings. The molecular weight excluding hydrogens is 180 g/mol. The van der Waals surface area contributed by atoms with Crippen molar-refractivity contribution in [1.82, 2.24) is 0 Å². The number of hydrogen-bond acceptors (Lipinski definition) is 3. The van der Waals surface area contributed by atoms with E-state index in [0.29, 0.717) is 0 Å². The van der Waals surface area contributed by atoms with Crippen molar-refractivity contribution < 1.29 is 0 Å². The van der Waals surface area contributed by atoms with Crippen molar-refractivity contribution in [3.63, 3.8) is 0 Å². The first-order valence-corrected chi connectivity index (χ1v) is 4.22. The molecule has 4 heteroatoms. The second kappa shape index (κ2) is 4.26. The molecule has 0 saturated carbocycles.